The van der Waals surface area contributed by atoms with Crippen molar-refractivity contribution in [1.29, 1.82) is 0 Å². The van der Waals surface area contributed by atoms with Gasteiger partial charge in [-0.1, -0.05) is 31.9 Å². The number of benzene rings is 1. The van der Waals surface area contributed by atoms with Crippen LogP contribution in [0.25, 0.3) is 0 Å². The topological polar surface area (TPSA) is 50.4 Å². The fraction of sp³-hybridized carbons (Fsp3) is 0.500. The van der Waals surface area contributed by atoms with E-state index in [2.05, 4.69) is 17.2 Å². The molecule has 0 heterocycles. The Hall–Kier alpha value is -1.81. The van der Waals surface area contributed by atoms with Crippen LogP contribution in [0.2, 0.25) is 0 Å². The van der Waals surface area contributed by atoms with E-state index < -0.39 is 0 Å². The first-order valence-corrected chi connectivity index (χ1v) is 8.04. The van der Waals surface area contributed by atoms with Crippen LogP contribution in [0.4, 0.5) is 5.69 Å². The quantitative estimate of drug-likeness (QED) is 0.758. The van der Waals surface area contributed by atoms with Gasteiger partial charge in [-0.05, 0) is 37.5 Å². The lowest BCUT2D eigenvalue weighted by Gasteiger charge is -2.22. The van der Waals surface area contributed by atoms with Crippen molar-refractivity contribution in [2.24, 2.45) is 0 Å². The van der Waals surface area contributed by atoms with Crippen molar-refractivity contribution in [3.8, 4) is 5.75 Å². The molecule has 0 aliphatic heterocycles. The molecule has 4 heteroatoms. The number of amides is 1. The van der Waals surface area contributed by atoms with Crippen LogP contribution in [0.5, 0.6) is 5.75 Å². The van der Waals surface area contributed by atoms with Crippen molar-refractivity contribution in [2.45, 2.75) is 45.1 Å². The molecule has 0 unspecified atom stereocenters. The number of rotatable bonds is 7. The van der Waals surface area contributed by atoms with Crippen LogP contribution in [-0.2, 0) is 4.79 Å². The predicted molar refractivity (Wildman–Crippen MR) is 90.3 cm³/mol. The fourth-order valence-corrected chi connectivity index (χ4v) is 2.62. The highest BCUT2D eigenvalue weighted by molar-refractivity contribution is 5.92. The Morgan fingerprint density at radius 3 is 2.82 bits per heavy atom. The lowest BCUT2D eigenvalue weighted by atomic mass is 9.95. The normalized spacial score (nSPS) is 15.3. The third-order valence-electron chi connectivity index (χ3n) is 3.76. The molecule has 4 nitrogen and oxygen atoms in total. The first-order chi connectivity index (χ1) is 10.6. The highest BCUT2D eigenvalue weighted by Gasteiger charge is 2.13. The zero-order valence-corrected chi connectivity index (χ0v) is 13.4. The molecular weight excluding hydrogens is 276 g/mol. The molecule has 2 N–H and O–H groups in total. The average Bonchev–Trinajstić information content (AvgIpc) is 2.52. The summed E-state index contributed by atoms with van der Waals surface area (Å²) >= 11 is 0. The largest absolute Gasteiger partial charge is 0.489 e. The summed E-state index contributed by atoms with van der Waals surface area (Å²) in [7, 11) is 0. The highest BCUT2D eigenvalue weighted by Crippen LogP contribution is 2.18. The monoisotopic (exact) mass is 302 g/mol. The standard InChI is InChI=1S/C18H26N2O2/c1-14(2)13-22-17-10-6-9-16(11-17)20-18(21)12-19-15-7-4-3-5-8-15/h6,9-11,15,19H,1,3-5,7-8,12-13H2,2H3,(H,20,21). The van der Waals surface area contributed by atoms with E-state index in [0.717, 1.165) is 17.0 Å². The van der Waals surface area contributed by atoms with Gasteiger partial charge in [0, 0.05) is 17.8 Å². The van der Waals surface area contributed by atoms with E-state index in [1.165, 1.54) is 32.1 Å². The number of carbonyl (C=O) groups excluding carboxylic acids is 1. The van der Waals surface area contributed by atoms with Crippen LogP contribution in [-0.4, -0.2) is 25.1 Å². The molecule has 0 atom stereocenters. The maximum Gasteiger partial charge on any atom is 0.238 e. The summed E-state index contributed by atoms with van der Waals surface area (Å²) in [5.41, 5.74) is 1.72. The Labute approximate surface area is 132 Å². The molecule has 0 aromatic heterocycles. The SMILES string of the molecule is C=C(C)COc1cccc(NC(=O)CNC2CCCCC2)c1. The number of hydrogen-bond donors (Lipinski definition) is 2. The van der Waals surface area contributed by atoms with Gasteiger partial charge < -0.3 is 15.4 Å². The maximum atomic E-state index is 12.0. The third-order valence-corrected chi connectivity index (χ3v) is 3.76. The van der Waals surface area contributed by atoms with Crippen molar-refractivity contribution in [3.05, 3.63) is 36.4 Å². The van der Waals surface area contributed by atoms with Gasteiger partial charge in [-0.15, -0.1) is 0 Å². The van der Waals surface area contributed by atoms with Crippen molar-refractivity contribution < 1.29 is 9.53 Å². The molecule has 1 fully saturated rings. The number of ether oxygens (including phenoxy) is 1. The zero-order chi connectivity index (χ0) is 15.8. The van der Waals surface area contributed by atoms with Gasteiger partial charge in [-0.2, -0.15) is 0 Å². The van der Waals surface area contributed by atoms with E-state index in [4.69, 9.17) is 4.74 Å². The molecule has 0 bridgehead atoms. The molecule has 22 heavy (non-hydrogen) atoms. The number of anilines is 1. The third kappa shape index (κ3) is 5.90. The van der Waals surface area contributed by atoms with E-state index in [1.807, 2.05) is 31.2 Å². The molecule has 1 aliphatic carbocycles. The second kappa shape index (κ2) is 8.59. The van der Waals surface area contributed by atoms with E-state index in [9.17, 15) is 4.79 Å². The summed E-state index contributed by atoms with van der Waals surface area (Å²) < 4.78 is 5.58. The molecule has 120 valence electrons. The Morgan fingerprint density at radius 2 is 2.09 bits per heavy atom. The van der Waals surface area contributed by atoms with Crippen LogP contribution < -0.4 is 15.4 Å². The molecular formula is C18H26N2O2. The van der Waals surface area contributed by atoms with Crippen molar-refractivity contribution in [3.63, 3.8) is 0 Å². The van der Waals surface area contributed by atoms with Gasteiger partial charge in [0.2, 0.25) is 5.91 Å². The predicted octanol–water partition coefficient (Wildman–Crippen LogP) is 3.50. The Balaban J connectivity index is 1.77. The molecule has 1 aromatic rings. The lowest BCUT2D eigenvalue weighted by molar-refractivity contribution is -0.115. The fourth-order valence-electron chi connectivity index (χ4n) is 2.62. The first kappa shape index (κ1) is 16.6. The second-order valence-corrected chi connectivity index (χ2v) is 6.04. The number of nitrogens with one attached hydrogen (secondary N) is 2. The summed E-state index contributed by atoms with van der Waals surface area (Å²) in [5, 5.41) is 6.25. The summed E-state index contributed by atoms with van der Waals surface area (Å²) in [6.07, 6.45) is 6.21. The van der Waals surface area contributed by atoms with Gasteiger partial charge in [0.1, 0.15) is 12.4 Å². The lowest BCUT2D eigenvalue weighted by Crippen LogP contribution is -2.37. The summed E-state index contributed by atoms with van der Waals surface area (Å²) in [6, 6.07) is 7.94. The molecule has 0 radical (unpaired) electrons. The number of carbonyl (C=O) groups is 1. The summed E-state index contributed by atoms with van der Waals surface area (Å²) in [5.74, 6) is 0.726. The summed E-state index contributed by atoms with van der Waals surface area (Å²) in [4.78, 5) is 12.0. The molecule has 2 rings (SSSR count). The van der Waals surface area contributed by atoms with Gasteiger partial charge in [0.15, 0.2) is 0 Å². The van der Waals surface area contributed by atoms with Gasteiger partial charge >= 0.3 is 0 Å². The minimum atomic E-state index is -0.0115. The van der Waals surface area contributed by atoms with E-state index in [0.29, 0.717) is 19.2 Å². The minimum Gasteiger partial charge on any atom is -0.489 e. The van der Waals surface area contributed by atoms with Crippen LogP contribution in [0.1, 0.15) is 39.0 Å². The molecule has 1 amide bonds. The Bertz CT molecular complexity index is 508. The molecule has 1 aromatic carbocycles. The van der Waals surface area contributed by atoms with Gasteiger partial charge in [-0.3, -0.25) is 4.79 Å². The minimum absolute atomic E-state index is 0.0115. The van der Waals surface area contributed by atoms with Crippen LogP contribution in [0.15, 0.2) is 36.4 Å². The Morgan fingerprint density at radius 1 is 1.32 bits per heavy atom. The van der Waals surface area contributed by atoms with Gasteiger partial charge in [0.25, 0.3) is 0 Å². The van der Waals surface area contributed by atoms with Crippen molar-refractivity contribution >= 4 is 11.6 Å². The van der Waals surface area contributed by atoms with Crippen LogP contribution >= 0.6 is 0 Å². The second-order valence-electron chi connectivity index (χ2n) is 6.04. The van der Waals surface area contributed by atoms with Crippen molar-refractivity contribution in [2.75, 3.05) is 18.5 Å². The maximum absolute atomic E-state index is 12.0. The van der Waals surface area contributed by atoms with E-state index in [-0.39, 0.29) is 5.91 Å². The molecule has 0 spiro atoms. The number of hydrogen-bond acceptors (Lipinski definition) is 3. The van der Waals surface area contributed by atoms with E-state index in [1.54, 1.807) is 0 Å². The van der Waals surface area contributed by atoms with E-state index >= 15 is 0 Å². The zero-order valence-electron chi connectivity index (χ0n) is 13.4. The highest BCUT2D eigenvalue weighted by atomic mass is 16.5. The van der Waals surface area contributed by atoms with Gasteiger partial charge in [0.05, 0.1) is 6.54 Å². The molecule has 1 saturated carbocycles. The van der Waals surface area contributed by atoms with Crippen LogP contribution in [0.3, 0.4) is 0 Å². The average molecular weight is 302 g/mol. The first-order valence-electron chi connectivity index (χ1n) is 8.04. The molecule has 1 aliphatic rings. The van der Waals surface area contributed by atoms with Gasteiger partial charge in [-0.25, -0.2) is 0 Å². The van der Waals surface area contributed by atoms with Crippen LogP contribution in [0, 0.1) is 0 Å². The Kier molecular flexibility index (Phi) is 6.46. The molecule has 0 saturated heterocycles. The summed E-state index contributed by atoms with van der Waals surface area (Å²) in [6.45, 7) is 6.58. The van der Waals surface area contributed by atoms with Crippen molar-refractivity contribution in [1.82, 2.24) is 5.32 Å². The smallest absolute Gasteiger partial charge is 0.238 e.